The number of methoxy groups -OCH3 is 1. The largest absolute Gasteiger partial charge is 0.497 e. The first-order chi connectivity index (χ1) is 15.0. The van der Waals surface area contributed by atoms with E-state index in [0.717, 1.165) is 22.7 Å². The van der Waals surface area contributed by atoms with Crippen LogP contribution in [0.1, 0.15) is 11.1 Å². The van der Waals surface area contributed by atoms with Crippen molar-refractivity contribution in [3.05, 3.63) is 83.9 Å². The second kappa shape index (κ2) is 10.2. The molecule has 0 radical (unpaired) electrons. The number of amides is 1. The van der Waals surface area contributed by atoms with Crippen LogP contribution in [-0.4, -0.2) is 33.7 Å². The summed E-state index contributed by atoms with van der Waals surface area (Å²) in [7, 11) is 5.58. The van der Waals surface area contributed by atoms with E-state index in [1.165, 1.54) is 0 Å². The van der Waals surface area contributed by atoms with Crippen LogP contribution in [-0.2, 0) is 11.3 Å². The van der Waals surface area contributed by atoms with Gasteiger partial charge in [0.25, 0.3) is 5.91 Å². The van der Waals surface area contributed by atoms with Crippen LogP contribution in [0.2, 0.25) is 0 Å². The fraction of sp³-hybridized carbons (Fsp3) is 0.200. The highest BCUT2D eigenvalue weighted by atomic mass is 16.5. The van der Waals surface area contributed by atoms with Crippen molar-refractivity contribution < 1.29 is 14.3 Å². The van der Waals surface area contributed by atoms with Gasteiger partial charge in [-0.1, -0.05) is 12.1 Å². The minimum atomic E-state index is -0.175. The Labute approximate surface area is 182 Å². The summed E-state index contributed by atoms with van der Waals surface area (Å²) < 4.78 is 10.9. The van der Waals surface area contributed by atoms with Crippen molar-refractivity contribution in [1.82, 2.24) is 0 Å². The monoisotopic (exact) mass is 415 g/mol. The van der Waals surface area contributed by atoms with Crippen molar-refractivity contribution in [1.29, 1.82) is 5.26 Å². The van der Waals surface area contributed by atoms with Crippen LogP contribution in [0.15, 0.2) is 72.8 Å². The maximum absolute atomic E-state index is 13.1. The second-order valence-electron chi connectivity index (χ2n) is 7.16. The average Bonchev–Trinajstić information content (AvgIpc) is 2.81. The summed E-state index contributed by atoms with van der Waals surface area (Å²) in [5.74, 6) is 1.09. The van der Waals surface area contributed by atoms with Gasteiger partial charge in [-0.15, -0.1) is 0 Å². The molecule has 158 valence electrons. The van der Waals surface area contributed by atoms with Crippen LogP contribution in [0.25, 0.3) is 0 Å². The second-order valence-corrected chi connectivity index (χ2v) is 7.16. The number of nitriles is 1. The predicted octanol–water partition coefficient (Wildman–Crippen LogP) is 4.25. The van der Waals surface area contributed by atoms with Crippen molar-refractivity contribution in [2.45, 2.75) is 6.54 Å². The molecule has 0 bridgehead atoms. The van der Waals surface area contributed by atoms with Crippen LogP contribution in [0, 0.1) is 11.3 Å². The number of carbonyl (C=O) groups excluding carboxylic acids is 1. The Hall–Kier alpha value is -3.98. The van der Waals surface area contributed by atoms with E-state index in [2.05, 4.69) is 6.07 Å². The molecular formula is C25H25N3O3. The van der Waals surface area contributed by atoms with Gasteiger partial charge in [0.15, 0.2) is 6.61 Å². The Bertz CT molecular complexity index is 1040. The summed E-state index contributed by atoms with van der Waals surface area (Å²) in [6, 6.07) is 24.2. The summed E-state index contributed by atoms with van der Waals surface area (Å²) >= 11 is 0. The number of hydrogen-bond acceptors (Lipinski definition) is 5. The van der Waals surface area contributed by atoms with Crippen LogP contribution in [0.3, 0.4) is 0 Å². The molecule has 0 aliphatic carbocycles. The molecule has 3 aromatic rings. The lowest BCUT2D eigenvalue weighted by atomic mass is 10.1. The smallest absolute Gasteiger partial charge is 0.265 e. The molecule has 0 N–H and O–H groups in total. The maximum Gasteiger partial charge on any atom is 0.265 e. The van der Waals surface area contributed by atoms with Crippen molar-refractivity contribution in [2.24, 2.45) is 0 Å². The first-order valence-corrected chi connectivity index (χ1v) is 9.84. The molecule has 3 rings (SSSR count). The Kier molecular flexibility index (Phi) is 7.13. The van der Waals surface area contributed by atoms with Crippen molar-refractivity contribution in [2.75, 3.05) is 37.6 Å². The molecule has 0 unspecified atom stereocenters. The first kappa shape index (κ1) is 21.7. The highest BCUT2D eigenvalue weighted by Gasteiger charge is 2.17. The number of anilines is 2. The summed E-state index contributed by atoms with van der Waals surface area (Å²) in [5, 5.41) is 8.91. The van der Waals surface area contributed by atoms with Crippen molar-refractivity contribution in [3.8, 4) is 17.6 Å². The minimum Gasteiger partial charge on any atom is -0.497 e. The normalized spacial score (nSPS) is 10.1. The van der Waals surface area contributed by atoms with Gasteiger partial charge in [0.05, 0.1) is 25.3 Å². The van der Waals surface area contributed by atoms with E-state index in [0.29, 0.717) is 17.9 Å². The number of ether oxygens (including phenoxy) is 2. The first-order valence-electron chi connectivity index (χ1n) is 9.84. The van der Waals surface area contributed by atoms with Crippen LogP contribution in [0.4, 0.5) is 11.4 Å². The zero-order chi connectivity index (χ0) is 22.2. The Balaban J connectivity index is 1.78. The summed E-state index contributed by atoms with van der Waals surface area (Å²) in [6.07, 6.45) is 0. The third-order valence-corrected chi connectivity index (χ3v) is 4.82. The molecule has 0 aliphatic rings. The molecule has 31 heavy (non-hydrogen) atoms. The molecule has 0 heterocycles. The number of benzene rings is 3. The molecule has 0 aliphatic heterocycles. The van der Waals surface area contributed by atoms with Gasteiger partial charge in [-0.2, -0.15) is 5.26 Å². The van der Waals surface area contributed by atoms with Gasteiger partial charge in [0, 0.05) is 25.5 Å². The highest BCUT2D eigenvalue weighted by Crippen LogP contribution is 2.23. The van der Waals surface area contributed by atoms with E-state index in [4.69, 9.17) is 14.7 Å². The number of carbonyl (C=O) groups is 1. The lowest BCUT2D eigenvalue weighted by Crippen LogP contribution is -2.34. The SMILES string of the molecule is COc1ccc(N(Cc2ccc(N(C)C)cc2)C(=O)COc2ccc(C#N)cc2)cc1. The van der Waals surface area contributed by atoms with E-state index >= 15 is 0 Å². The van der Waals surface area contributed by atoms with Gasteiger partial charge < -0.3 is 19.3 Å². The lowest BCUT2D eigenvalue weighted by Gasteiger charge is -2.24. The number of hydrogen-bond donors (Lipinski definition) is 0. The summed E-state index contributed by atoms with van der Waals surface area (Å²) in [5.41, 5.74) is 3.40. The maximum atomic E-state index is 13.1. The fourth-order valence-corrected chi connectivity index (χ4v) is 3.02. The molecule has 0 saturated heterocycles. The van der Waals surface area contributed by atoms with E-state index in [9.17, 15) is 4.79 Å². The Morgan fingerprint density at radius 2 is 1.45 bits per heavy atom. The van der Waals surface area contributed by atoms with E-state index in [1.54, 1.807) is 36.3 Å². The van der Waals surface area contributed by atoms with Gasteiger partial charge in [-0.3, -0.25) is 4.79 Å². The molecule has 1 amide bonds. The lowest BCUT2D eigenvalue weighted by molar-refractivity contribution is -0.120. The minimum absolute atomic E-state index is 0.117. The third-order valence-electron chi connectivity index (χ3n) is 4.82. The number of nitrogens with zero attached hydrogens (tertiary/aromatic N) is 3. The molecule has 0 fully saturated rings. The Morgan fingerprint density at radius 1 is 0.871 bits per heavy atom. The van der Waals surface area contributed by atoms with Crippen LogP contribution >= 0.6 is 0 Å². The van der Waals surface area contributed by atoms with Gasteiger partial charge in [0.2, 0.25) is 0 Å². The van der Waals surface area contributed by atoms with Crippen molar-refractivity contribution in [3.63, 3.8) is 0 Å². The Morgan fingerprint density at radius 3 is 2.00 bits per heavy atom. The van der Waals surface area contributed by atoms with Gasteiger partial charge in [-0.05, 0) is 66.2 Å². The summed E-state index contributed by atoms with van der Waals surface area (Å²) in [4.78, 5) is 16.8. The standard InChI is InChI=1S/C25H25N3O3/c1-27(2)21-8-4-20(5-9-21)17-28(22-10-14-23(30-3)15-11-22)25(29)18-31-24-12-6-19(16-26)7-13-24/h4-15H,17-18H2,1-3H3. The zero-order valence-electron chi connectivity index (χ0n) is 17.9. The molecule has 6 nitrogen and oxygen atoms in total. The van der Waals surface area contributed by atoms with Crippen LogP contribution < -0.4 is 19.3 Å². The molecular weight excluding hydrogens is 390 g/mol. The zero-order valence-corrected chi connectivity index (χ0v) is 17.9. The highest BCUT2D eigenvalue weighted by molar-refractivity contribution is 5.94. The fourth-order valence-electron chi connectivity index (χ4n) is 3.02. The third kappa shape index (κ3) is 5.77. The molecule has 0 spiro atoms. The van der Waals surface area contributed by atoms with Crippen LogP contribution in [0.5, 0.6) is 11.5 Å². The van der Waals surface area contributed by atoms with Gasteiger partial charge in [0.1, 0.15) is 11.5 Å². The van der Waals surface area contributed by atoms with Gasteiger partial charge >= 0.3 is 0 Å². The molecule has 0 aromatic heterocycles. The van der Waals surface area contributed by atoms with E-state index in [1.807, 2.05) is 67.5 Å². The van der Waals surface area contributed by atoms with Crippen molar-refractivity contribution >= 4 is 17.3 Å². The van der Waals surface area contributed by atoms with E-state index in [-0.39, 0.29) is 12.5 Å². The predicted molar refractivity (Wildman–Crippen MR) is 122 cm³/mol. The van der Waals surface area contributed by atoms with E-state index < -0.39 is 0 Å². The molecule has 6 heteroatoms. The van der Waals surface area contributed by atoms with Gasteiger partial charge in [-0.25, -0.2) is 0 Å². The number of rotatable bonds is 8. The molecule has 0 atom stereocenters. The average molecular weight is 415 g/mol. The topological polar surface area (TPSA) is 65.8 Å². The molecule has 3 aromatic carbocycles. The molecule has 0 saturated carbocycles. The quantitative estimate of drug-likeness (QED) is 0.550. The summed E-state index contributed by atoms with van der Waals surface area (Å²) in [6.45, 7) is 0.295.